The summed E-state index contributed by atoms with van der Waals surface area (Å²) < 4.78 is 1.49. The Hall–Kier alpha value is -1.87. The molecule has 0 amide bonds. The molecule has 0 saturated heterocycles. The SMILES string of the molecule is O=c1cc(Cl)nc2c3ccccc3ccn12. The van der Waals surface area contributed by atoms with Crippen LogP contribution in [0.2, 0.25) is 5.15 Å². The van der Waals surface area contributed by atoms with Gasteiger partial charge in [0.05, 0.1) is 0 Å². The van der Waals surface area contributed by atoms with E-state index in [4.69, 9.17) is 11.6 Å². The fraction of sp³-hybridized carbons (Fsp3) is 0. The molecule has 2 aromatic heterocycles. The van der Waals surface area contributed by atoms with Gasteiger partial charge in [-0.1, -0.05) is 35.9 Å². The number of nitrogens with zero attached hydrogens (tertiary/aromatic N) is 2. The zero-order valence-corrected chi connectivity index (χ0v) is 8.98. The van der Waals surface area contributed by atoms with E-state index in [0.29, 0.717) is 5.65 Å². The Morgan fingerprint density at radius 1 is 1.19 bits per heavy atom. The second kappa shape index (κ2) is 3.32. The van der Waals surface area contributed by atoms with Gasteiger partial charge < -0.3 is 0 Å². The molecule has 0 unspecified atom stereocenters. The topological polar surface area (TPSA) is 34.4 Å². The van der Waals surface area contributed by atoms with Crippen molar-refractivity contribution in [3.8, 4) is 0 Å². The molecule has 3 aromatic rings. The minimum absolute atomic E-state index is 0.166. The molecule has 3 nitrogen and oxygen atoms in total. The van der Waals surface area contributed by atoms with Gasteiger partial charge in [0.25, 0.3) is 5.56 Å². The summed E-state index contributed by atoms with van der Waals surface area (Å²) in [5, 5.41) is 2.18. The summed E-state index contributed by atoms with van der Waals surface area (Å²) in [4.78, 5) is 15.9. The maximum Gasteiger partial charge on any atom is 0.259 e. The molecule has 3 rings (SSSR count). The molecular weight excluding hydrogens is 224 g/mol. The lowest BCUT2D eigenvalue weighted by Crippen LogP contribution is -2.13. The molecular formula is C12H7ClN2O. The van der Waals surface area contributed by atoms with Crippen molar-refractivity contribution in [1.82, 2.24) is 9.38 Å². The second-order valence-corrected chi connectivity index (χ2v) is 3.90. The molecule has 0 bridgehead atoms. The Kier molecular flexibility index (Phi) is 1.94. The molecule has 16 heavy (non-hydrogen) atoms. The average Bonchev–Trinajstić information content (AvgIpc) is 2.28. The fourth-order valence-electron chi connectivity index (χ4n) is 1.80. The van der Waals surface area contributed by atoms with Crippen molar-refractivity contribution in [2.24, 2.45) is 0 Å². The van der Waals surface area contributed by atoms with Crippen LogP contribution in [-0.4, -0.2) is 9.38 Å². The van der Waals surface area contributed by atoms with E-state index in [1.54, 1.807) is 6.20 Å². The van der Waals surface area contributed by atoms with Gasteiger partial charge in [0.15, 0.2) is 0 Å². The number of hydrogen-bond acceptors (Lipinski definition) is 2. The fourth-order valence-corrected chi connectivity index (χ4v) is 1.97. The van der Waals surface area contributed by atoms with E-state index >= 15 is 0 Å². The van der Waals surface area contributed by atoms with Crippen molar-refractivity contribution in [1.29, 1.82) is 0 Å². The van der Waals surface area contributed by atoms with E-state index in [0.717, 1.165) is 10.8 Å². The smallest absolute Gasteiger partial charge is 0.259 e. The molecule has 1 aromatic carbocycles. The molecule has 0 saturated carbocycles. The Morgan fingerprint density at radius 2 is 2.00 bits per heavy atom. The molecule has 0 fully saturated rings. The zero-order chi connectivity index (χ0) is 11.1. The maximum atomic E-state index is 11.7. The third-order valence-electron chi connectivity index (χ3n) is 2.53. The van der Waals surface area contributed by atoms with E-state index in [-0.39, 0.29) is 10.7 Å². The Bertz CT molecular complexity index is 749. The van der Waals surface area contributed by atoms with Gasteiger partial charge >= 0.3 is 0 Å². The highest BCUT2D eigenvalue weighted by Gasteiger charge is 2.04. The van der Waals surface area contributed by atoms with Crippen LogP contribution in [0.25, 0.3) is 16.4 Å². The lowest BCUT2D eigenvalue weighted by molar-refractivity contribution is 1.06. The molecule has 2 heterocycles. The zero-order valence-electron chi connectivity index (χ0n) is 8.22. The third-order valence-corrected chi connectivity index (χ3v) is 2.72. The van der Waals surface area contributed by atoms with Crippen LogP contribution in [0.1, 0.15) is 0 Å². The van der Waals surface area contributed by atoms with Crippen LogP contribution in [0.5, 0.6) is 0 Å². The van der Waals surface area contributed by atoms with E-state index in [2.05, 4.69) is 4.98 Å². The summed E-state index contributed by atoms with van der Waals surface area (Å²) in [6.45, 7) is 0. The van der Waals surface area contributed by atoms with E-state index in [9.17, 15) is 4.79 Å². The number of benzene rings is 1. The standard InChI is InChI=1S/C12H7ClN2O/c13-10-7-11(16)15-6-5-8-3-1-2-4-9(8)12(15)14-10/h1-7H. The quantitative estimate of drug-likeness (QED) is 0.439. The Labute approximate surface area is 95.9 Å². The molecule has 0 radical (unpaired) electrons. The third kappa shape index (κ3) is 1.29. The molecule has 4 heteroatoms. The van der Waals surface area contributed by atoms with Crippen LogP contribution in [0, 0.1) is 0 Å². The minimum atomic E-state index is -0.166. The molecule has 0 N–H and O–H groups in total. The maximum absolute atomic E-state index is 11.7. The molecule has 0 aliphatic heterocycles. The monoisotopic (exact) mass is 230 g/mol. The van der Waals surface area contributed by atoms with Crippen molar-refractivity contribution >= 4 is 28.0 Å². The molecule has 78 valence electrons. The van der Waals surface area contributed by atoms with Crippen LogP contribution in [0.15, 0.2) is 47.4 Å². The van der Waals surface area contributed by atoms with E-state index < -0.39 is 0 Å². The summed E-state index contributed by atoms with van der Waals surface area (Å²) in [6, 6.07) is 11.0. The van der Waals surface area contributed by atoms with Gasteiger partial charge in [-0.3, -0.25) is 9.20 Å². The van der Waals surface area contributed by atoms with E-state index in [1.807, 2.05) is 30.3 Å². The van der Waals surface area contributed by atoms with Crippen LogP contribution in [-0.2, 0) is 0 Å². The number of hydrogen-bond donors (Lipinski definition) is 0. The number of fused-ring (bicyclic) bond motifs is 3. The highest BCUT2D eigenvalue weighted by atomic mass is 35.5. The van der Waals surface area contributed by atoms with Crippen molar-refractivity contribution in [3.05, 3.63) is 58.1 Å². The number of rotatable bonds is 0. The van der Waals surface area contributed by atoms with Crippen molar-refractivity contribution in [3.63, 3.8) is 0 Å². The van der Waals surface area contributed by atoms with Crippen LogP contribution in [0.3, 0.4) is 0 Å². The summed E-state index contributed by atoms with van der Waals surface area (Å²) >= 11 is 5.80. The normalized spacial score (nSPS) is 11.1. The van der Waals surface area contributed by atoms with Gasteiger partial charge in [-0.2, -0.15) is 0 Å². The number of halogens is 1. The molecule has 0 aliphatic carbocycles. The highest BCUT2D eigenvalue weighted by Crippen LogP contribution is 2.17. The van der Waals surface area contributed by atoms with Crippen LogP contribution in [0.4, 0.5) is 0 Å². The number of pyridine rings is 1. The summed E-state index contributed by atoms with van der Waals surface area (Å²) in [7, 11) is 0. The highest BCUT2D eigenvalue weighted by molar-refractivity contribution is 6.29. The second-order valence-electron chi connectivity index (χ2n) is 3.51. The van der Waals surface area contributed by atoms with Crippen LogP contribution >= 0.6 is 11.6 Å². The average molecular weight is 231 g/mol. The largest absolute Gasteiger partial charge is 0.269 e. The predicted octanol–water partition coefficient (Wildman–Crippen LogP) is 2.50. The first kappa shape index (κ1) is 9.36. The molecule has 0 aliphatic rings. The van der Waals surface area contributed by atoms with Gasteiger partial charge in [0, 0.05) is 17.6 Å². The summed E-state index contributed by atoms with van der Waals surface area (Å²) in [5.41, 5.74) is 0.427. The predicted molar refractivity (Wildman–Crippen MR) is 64.0 cm³/mol. The Morgan fingerprint density at radius 3 is 2.88 bits per heavy atom. The lowest BCUT2D eigenvalue weighted by atomic mass is 10.2. The first-order chi connectivity index (χ1) is 7.75. The van der Waals surface area contributed by atoms with Crippen molar-refractivity contribution in [2.45, 2.75) is 0 Å². The van der Waals surface area contributed by atoms with Gasteiger partial charge in [-0.15, -0.1) is 0 Å². The minimum Gasteiger partial charge on any atom is -0.269 e. The van der Waals surface area contributed by atoms with Gasteiger partial charge in [0.1, 0.15) is 10.8 Å². The molecule has 0 spiro atoms. The van der Waals surface area contributed by atoms with Gasteiger partial charge in [-0.25, -0.2) is 4.98 Å². The first-order valence-corrected chi connectivity index (χ1v) is 5.20. The first-order valence-electron chi connectivity index (χ1n) is 4.82. The summed E-state index contributed by atoms with van der Waals surface area (Å²) in [6.07, 6.45) is 1.71. The van der Waals surface area contributed by atoms with Crippen molar-refractivity contribution < 1.29 is 0 Å². The van der Waals surface area contributed by atoms with E-state index in [1.165, 1.54) is 10.5 Å². The van der Waals surface area contributed by atoms with Gasteiger partial charge in [0.2, 0.25) is 0 Å². The molecule has 0 atom stereocenters. The van der Waals surface area contributed by atoms with Gasteiger partial charge in [-0.05, 0) is 11.5 Å². The Balaban J connectivity index is 2.65. The lowest BCUT2D eigenvalue weighted by Gasteiger charge is -2.04. The summed E-state index contributed by atoms with van der Waals surface area (Å²) in [5.74, 6) is 0. The van der Waals surface area contributed by atoms with Crippen molar-refractivity contribution in [2.75, 3.05) is 0 Å². The van der Waals surface area contributed by atoms with Crippen LogP contribution < -0.4 is 5.56 Å². The number of aromatic nitrogens is 2.